The molecule has 1 atom stereocenters. The Hall–Kier alpha value is -4.36. The van der Waals surface area contributed by atoms with Crippen molar-refractivity contribution in [2.45, 2.75) is 37.9 Å². The number of benzene rings is 1. The van der Waals surface area contributed by atoms with Crippen LogP contribution in [0.3, 0.4) is 0 Å². The van der Waals surface area contributed by atoms with Crippen LogP contribution in [-0.4, -0.2) is 66.5 Å². The summed E-state index contributed by atoms with van der Waals surface area (Å²) < 4.78 is 55.0. The maximum absolute atomic E-state index is 15.6. The van der Waals surface area contributed by atoms with Crippen molar-refractivity contribution in [3.05, 3.63) is 82.9 Å². The molecule has 7 rings (SSSR count). The van der Waals surface area contributed by atoms with Crippen molar-refractivity contribution < 1.29 is 22.3 Å². The minimum absolute atomic E-state index is 0.0767. The predicted octanol–water partition coefficient (Wildman–Crippen LogP) is 4.47. The highest BCUT2D eigenvalue weighted by atomic mass is 19.3. The molecule has 42 heavy (non-hydrogen) atoms. The van der Waals surface area contributed by atoms with Gasteiger partial charge < -0.3 is 9.15 Å². The molecule has 13 heteroatoms. The summed E-state index contributed by atoms with van der Waals surface area (Å²) in [5.74, 6) is -1.32. The van der Waals surface area contributed by atoms with E-state index in [-0.39, 0.29) is 24.2 Å². The van der Waals surface area contributed by atoms with Gasteiger partial charge in [-0.3, -0.25) is 24.0 Å². The van der Waals surface area contributed by atoms with Crippen molar-refractivity contribution in [1.82, 2.24) is 34.2 Å². The number of nitrogens with zero attached hydrogens (tertiary/aromatic N) is 7. The van der Waals surface area contributed by atoms with E-state index in [4.69, 9.17) is 9.15 Å². The molecule has 0 spiro atoms. The zero-order chi connectivity index (χ0) is 28.8. The molecule has 4 aromatic heterocycles. The van der Waals surface area contributed by atoms with Gasteiger partial charge in [0.25, 0.3) is 5.89 Å². The van der Waals surface area contributed by atoms with Gasteiger partial charge in [-0.05, 0) is 43.7 Å². The number of aromatic nitrogens is 6. The summed E-state index contributed by atoms with van der Waals surface area (Å²) in [5.41, 5.74) is 2.71. The monoisotopic (exact) mass is 577 g/mol. The molecular weight excluding hydrogens is 551 g/mol. The molecule has 216 valence electrons. The van der Waals surface area contributed by atoms with Crippen LogP contribution in [0.2, 0.25) is 0 Å². The molecule has 2 saturated heterocycles. The van der Waals surface area contributed by atoms with Crippen molar-refractivity contribution >= 4 is 11.0 Å². The average molecular weight is 578 g/mol. The molecule has 0 radical (unpaired) electrons. The van der Waals surface area contributed by atoms with E-state index in [0.717, 1.165) is 19.4 Å². The highest BCUT2D eigenvalue weighted by molar-refractivity contribution is 5.83. The number of alkyl halides is 2. The van der Waals surface area contributed by atoms with Crippen LogP contribution in [0, 0.1) is 5.82 Å². The quantitative estimate of drug-likeness (QED) is 0.279. The maximum Gasteiger partial charge on any atom is 0.329 e. The van der Waals surface area contributed by atoms with Crippen LogP contribution in [0.5, 0.6) is 0 Å². The standard InChI is InChI=1S/C29H26F3N7O3/c30-23-10-24-25(9-22(23)17-3-1-7-33-11-17)39(20-4-2-8-37(14-20)21-15-41-16-21)29(40)38(24)13-19-6-5-18(12-34-19)27-35-36-28(42-27)26(31)32/h1,3,5-7,9-12,20-21,26H,2,4,8,13-16H2/t20-/m1/s1. The number of likely N-dealkylation sites (tertiary alicyclic amines) is 1. The summed E-state index contributed by atoms with van der Waals surface area (Å²) in [6.45, 7) is 3.10. The van der Waals surface area contributed by atoms with Gasteiger partial charge in [-0.2, -0.15) is 8.78 Å². The number of imidazole rings is 1. The third-order valence-electron chi connectivity index (χ3n) is 7.97. The Morgan fingerprint density at radius 3 is 2.60 bits per heavy atom. The molecule has 0 saturated carbocycles. The van der Waals surface area contributed by atoms with Crippen molar-refractivity contribution in [2.24, 2.45) is 0 Å². The van der Waals surface area contributed by atoms with E-state index in [1.165, 1.54) is 16.8 Å². The van der Waals surface area contributed by atoms with Gasteiger partial charge in [-0.25, -0.2) is 9.18 Å². The summed E-state index contributed by atoms with van der Waals surface area (Å²) in [5, 5.41) is 7.00. The molecule has 0 unspecified atom stereocenters. The Morgan fingerprint density at radius 2 is 1.90 bits per heavy atom. The van der Waals surface area contributed by atoms with E-state index in [1.54, 1.807) is 47.3 Å². The second-order valence-electron chi connectivity index (χ2n) is 10.6. The Balaban J connectivity index is 1.28. The van der Waals surface area contributed by atoms with Crippen LogP contribution in [0.4, 0.5) is 13.2 Å². The van der Waals surface area contributed by atoms with E-state index >= 15 is 4.39 Å². The first-order chi connectivity index (χ1) is 20.5. The van der Waals surface area contributed by atoms with Crippen LogP contribution < -0.4 is 5.69 Å². The van der Waals surface area contributed by atoms with Crippen LogP contribution in [0.1, 0.15) is 36.9 Å². The zero-order valence-corrected chi connectivity index (χ0v) is 22.4. The summed E-state index contributed by atoms with van der Waals surface area (Å²) in [4.78, 5) is 25.0. The maximum atomic E-state index is 15.6. The molecule has 0 N–H and O–H groups in total. The minimum Gasteiger partial charge on any atom is -0.415 e. The van der Waals surface area contributed by atoms with E-state index in [1.807, 2.05) is 0 Å². The number of pyridine rings is 2. The highest BCUT2D eigenvalue weighted by Crippen LogP contribution is 2.32. The van der Waals surface area contributed by atoms with E-state index in [0.29, 0.717) is 59.2 Å². The van der Waals surface area contributed by atoms with Gasteiger partial charge in [0, 0.05) is 42.3 Å². The lowest BCUT2D eigenvalue weighted by Gasteiger charge is -2.42. The van der Waals surface area contributed by atoms with Gasteiger partial charge in [0.05, 0.1) is 54.1 Å². The molecule has 6 heterocycles. The molecule has 2 fully saturated rings. The SMILES string of the molecule is O=c1n(Cc2ccc(-c3nnc(C(F)F)o3)cn2)c2cc(F)c(-c3cccnc3)cc2n1[C@@H]1CCCN(C2COC2)C1. The first-order valence-corrected chi connectivity index (χ1v) is 13.7. The number of hydrogen-bond donors (Lipinski definition) is 0. The van der Waals surface area contributed by atoms with Gasteiger partial charge in [-0.1, -0.05) is 6.07 Å². The number of rotatable bonds is 7. The van der Waals surface area contributed by atoms with E-state index < -0.39 is 18.1 Å². The zero-order valence-electron chi connectivity index (χ0n) is 22.4. The lowest BCUT2D eigenvalue weighted by molar-refractivity contribution is -0.0751. The number of hydrogen-bond acceptors (Lipinski definition) is 8. The minimum atomic E-state index is -2.87. The van der Waals surface area contributed by atoms with Gasteiger partial charge in [0.1, 0.15) is 5.82 Å². The molecule has 0 aliphatic carbocycles. The smallest absolute Gasteiger partial charge is 0.329 e. The Bertz CT molecular complexity index is 1780. The van der Waals surface area contributed by atoms with E-state index in [9.17, 15) is 13.6 Å². The fourth-order valence-electron chi connectivity index (χ4n) is 5.75. The summed E-state index contributed by atoms with van der Waals surface area (Å²) in [6, 6.07) is 10.2. The third-order valence-corrected chi connectivity index (χ3v) is 7.97. The van der Waals surface area contributed by atoms with Gasteiger partial charge >= 0.3 is 12.1 Å². The van der Waals surface area contributed by atoms with Gasteiger partial charge in [0.15, 0.2) is 0 Å². The van der Waals surface area contributed by atoms with Crippen molar-refractivity contribution in [2.75, 3.05) is 26.3 Å². The molecule has 0 bridgehead atoms. The lowest BCUT2D eigenvalue weighted by atomic mass is 10.0. The van der Waals surface area contributed by atoms with Gasteiger partial charge in [-0.15, -0.1) is 10.2 Å². The highest BCUT2D eigenvalue weighted by Gasteiger charge is 2.33. The fraction of sp³-hybridized carbons (Fsp3) is 0.345. The lowest BCUT2D eigenvalue weighted by Crippen LogP contribution is -2.53. The number of fused-ring (bicyclic) bond motifs is 1. The predicted molar refractivity (Wildman–Crippen MR) is 145 cm³/mol. The largest absolute Gasteiger partial charge is 0.415 e. The van der Waals surface area contributed by atoms with E-state index in [2.05, 4.69) is 25.1 Å². The Morgan fingerprint density at radius 1 is 1.02 bits per heavy atom. The second-order valence-corrected chi connectivity index (χ2v) is 10.6. The van der Waals surface area contributed by atoms with Crippen molar-refractivity contribution in [3.63, 3.8) is 0 Å². The van der Waals surface area contributed by atoms with Crippen LogP contribution in [0.25, 0.3) is 33.6 Å². The second kappa shape index (κ2) is 10.8. The normalized spacial score (nSPS) is 18.1. The molecule has 0 amide bonds. The fourth-order valence-corrected chi connectivity index (χ4v) is 5.75. The summed E-state index contributed by atoms with van der Waals surface area (Å²) in [6.07, 6.45) is 3.52. The van der Waals surface area contributed by atoms with Crippen LogP contribution in [-0.2, 0) is 11.3 Å². The van der Waals surface area contributed by atoms with Crippen LogP contribution in [0.15, 0.2) is 64.2 Å². The first kappa shape index (κ1) is 26.5. The Kier molecular flexibility index (Phi) is 6.82. The molecule has 1 aromatic carbocycles. The molecule has 10 nitrogen and oxygen atoms in total. The number of piperidine rings is 1. The first-order valence-electron chi connectivity index (χ1n) is 13.7. The number of ether oxygens (including phenoxy) is 1. The average Bonchev–Trinajstić information content (AvgIpc) is 3.57. The Labute approximate surface area is 237 Å². The summed E-state index contributed by atoms with van der Waals surface area (Å²) >= 11 is 0. The van der Waals surface area contributed by atoms with Crippen molar-refractivity contribution in [1.29, 1.82) is 0 Å². The topological polar surface area (TPSA) is 104 Å². The molecule has 2 aliphatic heterocycles. The van der Waals surface area contributed by atoms with Crippen molar-refractivity contribution in [3.8, 4) is 22.6 Å². The van der Waals surface area contributed by atoms with Gasteiger partial charge in [0.2, 0.25) is 5.89 Å². The number of halogens is 3. The molecule has 5 aromatic rings. The molecular formula is C29H26F3N7O3. The van der Waals surface area contributed by atoms with Crippen LogP contribution >= 0.6 is 0 Å². The summed E-state index contributed by atoms with van der Waals surface area (Å²) in [7, 11) is 0. The molecule has 2 aliphatic rings. The third kappa shape index (κ3) is 4.77.